The van der Waals surface area contributed by atoms with Crippen molar-refractivity contribution in [2.24, 2.45) is 5.92 Å². The van der Waals surface area contributed by atoms with E-state index in [-0.39, 0.29) is 16.8 Å². The van der Waals surface area contributed by atoms with Crippen LogP contribution < -0.4 is 10.2 Å². The van der Waals surface area contributed by atoms with Gasteiger partial charge in [0.05, 0.1) is 16.2 Å². The number of benzene rings is 1. The summed E-state index contributed by atoms with van der Waals surface area (Å²) in [5.41, 5.74) is 0.836. The van der Waals surface area contributed by atoms with Gasteiger partial charge < -0.3 is 10.2 Å². The van der Waals surface area contributed by atoms with Crippen LogP contribution in [-0.4, -0.2) is 33.9 Å². The number of nitro benzene ring substituents is 1. The Morgan fingerprint density at radius 2 is 2.29 bits per heavy atom. The molecule has 1 aromatic carbocycles. The van der Waals surface area contributed by atoms with Crippen molar-refractivity contribution in [2.75, 3.05) is 23.3 Å². The topological polar surface area (TPSA) is 101 Å². The molecule has 1 saturated heterocycles. The van der Waals surface area contributed by atoms with Crippen LogP contribution in [0.2, 0.25) is 5.28 Å². The van der Waals surface area contributed by atoms with Gasteiger partial charge >= 0.3 is 0 Å². The summed E-state index contributed by atoms with van der Waals surface area (Å²) in [5, 5.41) is 13.9. The molecule has 1 atom stereocenters. The van der Waals surface area contributed by atoms with E-state index in [2.05, 4.69) is 21.9 Å². The van der Waals surface area contributed by atoms with Crippen LogP contribution in [0.4, 0.5) is 17.2 Å². The zero-order valence-corrected chi connectivity index (χ0v) is 15.9. The lowest BCUT2D eigenvalue weighted by atomic mass is 9.94. The van der Waals surface area contributed by atoms with Gasteiger partial charge in [-0.05, 0) is 48.9 Å². The van der Waals surface area contributed by atoms with Crippen LogP contribution in [0.25, 0.3) is 0 Å². The second kappa shape index (κ2) is 8.79. The van der Waals surface area contributed by atoms with E-state index >= 15 is 0 Å². The van der Waals surface area contributed by atoms with E-state index in [1.165, 1.54) is 30.5 Å². The summed E-state index contributed by atoms with van der Waals surface area (Å²) in [6.45, 7) is 5.24. The highest BCUT2D eigenvalue weighted by atomic mass is 35.5. The Hall–Kier alpha value is -3.00. The number of allylic oxidation sites excluding steroid dienone is 1. The third-order valence-corrected chi connectivity index (χ3v) is 4.85. The first-order valence-electron chi connectivity index (χ1n) is 8.92. The zero-order chi connectivity index (χ0) is 20.1. The second-order valence-corrected chi connectivity index (χ2v) is 6.94. The molecule has 1 aromatic heterocycles. The van der Waals surface area contributed by atoms with Gasteiger partial charge in [-0.2, -0.15) is 0 Å². The molecule has 2 aromatic rings. The molecule has 1 aliphatic rings. The van der Waals surface area contributed by atoms with Gasteiger partial charge in [0.25, 0.3) is 11.6 Å². The number of hydrogen-bond donors (Lipinski definition) is 1. The van der Waals surface area contributed by atoms with Crippen LogP contribution in [0, 0.1) is 16.0 Å². The van der Waals surface area contributed by atoms with Crippen molar-refractivity contribution >= 4 is 34.7 Å². The van der Waals surface area contributed by atoms with Crippen molar-refractivity contribution in [3.05, 3.63) is 64.1 Å². The Labute approximate surface area is 167 Å². The van der Waals surface area contributed by atoms with Crippen molar-refractivity contribution in [1.29, 1.82) is 0 Å². The monoisotopic (exact) mass is 401 g/mol. The zero-order valence-electron chi connectivity index (χ0n) is 15.2. The molecule has 9 heteroatoms. The maximum absolute atomic E-state index is 12.8. The number of piperidine rings is 1. The number of anilines is 2. The molecule has 2 heterocycles. The van der Waals surface area contributed by atoms with Crippen molar-refractivity contribution < 1.29 is 9.72 Å². The molecule has 1 amide bonds. The molecule has 0 radical (unpaired) electrons. The second-order valence-electron chi connectivity index (χ2n) is 6.60. The molecule has 0 aliphatic carbocycles. The number of aromatic nitrogens is 2. The van der Waals surface area contributed by atoms with Crippen LogP contribution in [0.1, 0.15) is 29.6 Å². The normalized spacial score (nSPS) is 16.5. The number of nitro groups is 1. The number of non-ortho nitro benzene ring substituents is 1. The first-order chi connectivity index (χ1) is 13.5. The SMILES string of the molecule is C=CCC1CCCN(c2cc([N+](=O)[O-])ccc2C(=O)Nc2ccnc(Cl)n2)C1. The molecule has 146 valence electrons. The fraction of sp³-hybridized carbons (Fsp3) is 0.316. The molecule has 8 nitrogen and oxygen atoms in total. The molecule has 1 unspecified atom stereocenters. The predicted molar refractivity (Wildman–Crippen MR) is 108 cm³/mol. The third kappa shape index (κ3) is 4.64. The minimum Gasteiger partial charge on any atom is -0.370 e. The summed E-state index contributed by atoms with van der Waals surface area (Å²) in [6, 6.07) is 5.78. The number of amides is 1. The number of nitrogens with one attached hydrogen (secondary N) is 1. The molecule has 1 aliphatic heterocycles. The van der Waals surface area contributed by atoms with E-state index in [0.717, 1.165) is 25.8 Å². The van der Waals surface area contributed by atoms with Gasteiger partial charge in [0, 0.05) is 31.4 Å². The molecule has 0 spiro atoms. The van der Waals surface area contributed by atoms with E-state index in [1.54, 1.807) is 0 Å². The Bertz CT molecular complexity index is 905. The minimum atomic E-state index is -0.458. The van der Waals surface area contributed by atoms with E-state index < -0.39 is 10.8 Å². The highest BCUT2D eigenvalue weighted by molar-refractivity contribution is 6.28. The minimum absolute atomic E-state index is 0.0185. The Morgan fingerprint density at radius 1 is 1.46 bits per heavy atom. The number of nitrogens with zero attached hydrogens (tertiary/aromatic N) is 4. The molecular formula is C19H20ClN5O3. The Morgan fingerprint density at radius 3 is 3.00 bits per heavy atom. The Kier molecular flexibility index (Phi) is 6.20. The fourth-order valence-electron chi connectivity index (χ4n) is 3.39. The third-order valence-electron chi connectivity index (χ3n) is 4.66. The largest absolute Gasteiger partial charge is 0.370 e. The highest BCUT2D eigenvalue weighted by Gasteiger charge is 2.25. The van der Waals surface area contributed by atoms with Crippen molar-refractivity contribution in [3.8, 4) is 0 Å². The summed E-state index contributed by atoms with van der Waals surface area (Å²) in [5.74, 6) is 0.255. The molecule has 0 bridgehead atoms. The van der Waals surface area contributed by atoms with Gasteiger partial charge in [-0.25, -0.2) is 9.97 Å². The molecule has 1 fully saturated rings. The smallest absolute Gasteiger partial charge is 0.271 e. The van der Waals surface area contributed by atoms with Gasteiger partial charge in [0.2, 0.25) is 5.28 Å². The highest BCUT2D eigenvalue weighted by Crippen LogP contribution is 2.31. The van der Waals surface area contributed by atoms with Crippen LogP contribution in [0.5, 0.6) is 0 Å². The molecule has 3 rings (SSSR count). The summed E-state index contributed by atoms with van der Waals surface area (Å²) in [4.78, 5) is 33.4. The van der Waals surface area contributed by atoms with Crippen molar-refractivity contribution in [3.63, 3.8) is 0 Å². The molecule has 1 N–H and O–H groups in total. The number of carbonyl (C=O) groups excluding carboxylic acids is 1. The van der Waals surface area contributed by atoms with Crippen molar-refractivity contribution in [2.45, 2.75) is 19.3 Å². The van der Waals surface area contributed by atoms with Crippen LogP contribution in [0.3, 0.4) is 0 Å². The first kappa shape index (κ1) is 19.8. The van der Waals surface area contributed by atoms with E-state index in [9.17, 15) is 14.9 Å². The maximum Gasteiger partial charge on any atom is 0.271 e. The van der Waals surface area contributed by atoms with Crippen LogP contribution in [0.15, 0.2) is 43.1 Å². The number of rotatable bonds is 6. The molecule has 0 saturated carbocycles. The van der Waals surface area contributed by atoms with Gasteiger partial charge in [0.1, 0.15) is 5.82 Å². The Balaban J connectivity index is 1.92. The van der Waals surface area contributed by atoms with Gasteiger partial charge in [-0.1, -0.05) is 6.08 Å². The van der Waals surface area contributed by atoms with E-state index in [1.807, 2.05) is 11.0 Å². The standard InChI is InChI=1S/C19H20ClN5O3/c1-2-4-13-5-3-10-24(12-13)16-11-14(25(27)28)6-7-15(16)18(26)22-17-8-9-21-19(20)23-17/h2,6-9,11,13H,1,3-5,10,12H2,(H,21,22,23,26). The lowest BCUT2D eigenvalue weighted by Gasteiger charge is -2.35. The lowest BCUT2D eigenvalue weighted by Crippen LogP contribution is -2.36. The van der Waals surface area contributed by atoms with Gasteiger partial charge in [-0.3, -0.25) is 14.9 Å². The van der Waals surface area contributed by atoms with Crippen LogP contribution >= 0.6 is 11.6 Å². The quantitative estimate of drug-likeness (QED) is 0.338. The number of carbonyl (C=O) groups is 1. The summed E-state index contributed by atoms with van der Waals surface area (Å²) < 4.78 is 0. The number of hydrogen-bond acceptors (Lipinski definition) is 6. The van der Waals surface area contributed by atoms with E-state index in [0.29, 0.717) is 23.7 Å². The van der Waals surface area contributed by atoms with Gasteiger partial charge in [-0.15, -0.1) is 6.58 Å². The lowest BCUT2D eigenvalue weighted by molar-refractivity contribution is -0.384. The average molecular weight is 402 g/mol. The maximum atomic E-state index is 12.8. The average Bonchev–Trinajstić information content (AvgIpc) is 2.68. The van der Waals surface area contributed by atoms with Gasteiger partial charge in [0.15, 0.2) is 0 Å². The van der Waals surface area contributed by atoms with Crippen LogP contribution in [-0.2, 0) is 0 Å². The predicted octanol–water partition coefficient (Wildman–Crippen LogP) is 4.08. The molecule has 28 heavy (non-hydrogen) atoms. The fourth-order valence-corrected chi connectivity index (χ4v) is 3.53. The summed E-state index contributed by atoms with van der Waals surface area (Å²) >= 11 is 5.76. The number of halogens is 1. The first-order valence-corrected chi connectivity index (χ1v) is 9.30. The summed E-state index contributed by atoms with van der Waals surface area (Å²) in [6.07, 6.45) is 6.20. The van der Waals surface area contributed by atoms with E-state index in [4.69, 9.17) is 11.6 Å². The summed E-state index contributed by atoms with van der Waals surface area (Å²) in [7, 11) is 0. The van der Waals surface area contributed by atoms with Crippen molar-refractivity contribution in [1.82, 2.24) is 9.97 Å². The molecular weight excluding hydrogens is 382 g/mol.